The topological polar surface area (TPSA) is 32.3 Å². The Morgan fingerprint density at radius 2 is 1.26 bits per heavy atom. The molecule has 0 aliphatic rings. The predicted molar refractivity (Wildman–Crippen MR) is 142 cm³/mol. The Morgan fingerprint density at radius 3 is 1.82 bits per heavy atom. The number of nitrogens with zero attached hydrogens (tertiary/aromatic N) is 1. The first-order chi connectivity index (χ1) is 16.6. The molecule has 0 unspecified atom stereocenters. The van der Waals surface area contributed by atoms with Crippen LogP contribution in [-0.2, 0) is 0 Å². The molecule has 3 nitrogen and oxygen atoms in total. The van der Waals surface area contributed by atoms with Crippen LogP contribution < -0.4 is 5.32 Å². The SMILES string of the molecule is C/C(=C\c1ccccc1)CN(C(=O)Nc1ccccc1C)C(c1ccccc1)c1ccccc1. The van der Waals surface area contributed by atoms with Crippen molar-refractivity contribution in [2.45, 2.75) is 19.9 Å². The second-order valence-electron chi connectivity index (χ2n) is 8.50. The number of nitrogens with one attached hydrogen (secondary N) is 1. The highest BCUT2D eigenvalue weighted by atomic mass is 16.2. The summed E-state index contributed by atoms with van der Waals surface area (Å²) in [5.74, 6) is 0. The van der Waals surface area contributed by atoms with Crippen LogP contribution >= 0.6 is 0 Å². The Kier molecular flexibility index (Phi) is 7.56. The van der Waals surface area contributed by atoms with Crippen molar-refractivity contribution >= 4 is 17.8 Å². The molecule has 0 aliphatic heterocycles. The van der Waals surface area contributed by atoms with E-state index in [9.17, 15) is 4.79 Å². The Bertz CT molecular complexity index is 1190. The van der Waals surface area contributed by atoms with E-state index < -0.39 is 0 Å². The molecule has 1 N–H and O–H groups in total. The van der Waals surface area contributed by atoms with E-state index in [2.05, 4.69) is 54.7 Å². The van der Waals surface area contributed by atoms with Gasteiger partial charge in [-0.2, -0.15) is 0 Å². The summed E-state index contributed by atoms with van der Waals surface area (Å²) in [5.41, 5.74) is 6.21. The average Bonchev–Trinajstić information content (AvgIpc) is 2.87. The Labute approximate surface area is 202 Å². The van der Waals surface area contributed by atoms with Gasteiger partial charge in [0.05, 0.1) is 6.04 Å². The van der Waals surface area contributed by atoms with Gasteiger partial charge in [0.25, 0.3) is 0 Å². The Hall–Kier alpha value is -4.11. The number of anilines is 1. The number of aryl methyl sites for hydroxylation is 1. The van der Waals surface area contributed by atoms with E-state index in [0.29, 0.717) is 6.54 Å². The van der Waals surface area contributed by atoms with Crippen LogP contribution in [0.2, 0.25) is 0 Å². The zero-order chi connectivity index (χ0) is 23.8. The van der Waals surface area contributed by atoms with E-state index in [-0.39, 0.29) is 12.1 Å². The van der Waals surface area contributed by atoms with Crippen LogP contribution in [0.4, 0.5) is 10.5 Å². The summed E-state index contributed by atoms with van der Waals surface area (Å²) in [6, 6.07) is 38.2. The van der Waals surface area contributed by atoms with E-state index in [0.717, 1.165) is 33.5 Å². The van der Waals surface area contributed by atoms with Crippen molar-refractivity contribution in [3.05, 3.63) is 143 Å². The van der Waals surface area contributed by atoms with Crippen molar-refractivity contribution in [1.29, 1.82) is 0 Å². The molecule has 0 heterocycles. The van der Waals surface area contributed by atoms with Gasteiger partial charge in [-0.3, -0.25) is 0 Å². The van der Waals surface area contributed by atoms with Crippen LogP contribution in [0.5, 0.6) is 0 Å². The lowest BCUT2D eigenvalue weighted by molar-refractivity contribution is 0.203. The van der Waals surface area contributed by atoms with E-state index >= 15 is 0 Å². The highest BCUT2D eigenvalue weighted by Crippen LogP contribution is 2.30. The summed E-state index contributed by atoms with van der Waals surface area (Å²) in [7, 11) is 0. The monoisotopic (exact) mass is 446 g/mol. The fourth-order valence-corrected chi connectivity index (χ4v) is 4.15. The first-order valence-corrected chi connectivity index (χ1v) is 11.6. The first kappa shape index (κ1) is 23.1. The molecular weight excluding hydrogens is 416 g/mol. The third-order valence-corrected chi connectivity index (χ3v) is 5.82. The molecule has 34 heavy (non-hydrogen) atoms. The number of hydrogen-bond donors (Lipinski definition) is 1. The molecule has 0 saturated carbocycles. The summed E-state index contributed by atoms with van der Waals surface area (Å²) >= 11 is 0. The van der Waals surface area contributed by atoms with Gasteiger partial charge in [0, 0.05) is 12.2 Å². The highest BCUT2D eigenvalue weighted by molar-refractivity contribution is 5.91. The predicted octanol–water partition coefficient (Wildman–Crippen LogP) is 7.72. The number of urea groups is 1. The van der Waals surface area contributed by atoms with Crippen LogP contribution in [0, 0.1) is 6.92 Å². The lowest BCUT2D eigenvalue weighted by Crippen LogP contribution is -2.40. The van der Waals surface area contributed by atoms with Crippen LogP contribution in [0.1, 0.15) is 35.2 Å². The van der Waals surface area contributed by atoms with Crippen LogP contribution in [0.25, 0.3) is 6.08 Å². The zero-order valence-electron chi connectivity index (χ0n) is 19.7. The second kappa shape index (κ2) is 11.2. The van der Waals surface area contributed by atoms with Crippen molar-refractivity contribution in [2.75, 3.05) is 11.9 Å². The smallest absolute Gasteiger partial charge is 0.309 e. The average molecular weight is 447 g/mol. The molecule has 0 aliphatic carbocycles. The van der Waals surface area contributed by atoms with Crippen molar-refractivity contribution in [1.82, 2.24) is 4.90 Å². The molecule has 0 spiro atoms. The van der Waals surface area contributed by atoms with Gasteiger partial charge in [-0.15, -0.1) is 0 Å². The lowest BCUT2D eigenvalue weighted by atomic mass is 9.96. The maximum atomic E-state index is 13.8. The third-order valence-electron chi connectivity index (χ3n) is 5.82. The molecule has 0 saturated heterocycles. The van der Waals surface area contributed by atoms with Gasteiger partial charge in [-0.25, -0.2) is 4.79 Å². The molecule has 4 aromatic carbocycles. The third kappa shape index (κ3) is 5.81. The van der Waals surface area contributed by atoms with Crippen molar-refractivity contribution < 1.29 is 4.79 Å². The molecule has 0 fully saturated rings. The molecule has 3 heteroatoms. The maximum absolute atomic E-state index is 13.8. The largest absolute Gasteiger partial charge is 0.322 e. The normalized spacial score (nSPS) is 11.3. The number of amides is 2. The number of carbonyl (C=O) groups excluding carboxylic acids is 1. The van der Waals surface area contributed by atoms with Crippen molar-refractivity contribution in [3.63, 3.8) is 0 Å². The van der Waals surface area contributed by atoms with Gasteiger partial charge in [0.2, 0.25) is 0 Å². The van der Waals surface area contributed by atoms with Crippen LogP contribution in [-0.4, -0.2) is 17.5 Å². The fraction of sp³-hybridized carbons (Fsp3) is 0.129. The first-order valence-electron chi connectivity index (χ1n) is 11.6. The minimum absolute atomic E-state index is 0.132. The van der Waals surface area contributed by atoms with Crippen molar-refractivity contribution in [2.24, 2.45) is 0 Å². The number of benzene rings is 4. The maximum Gasteiger partial charge on any atom is 0.322 e. The lowest BCUT2D eigenvalue weighted by Gasteiger charge is -2.33. The number of carbonyl (C=O) groups is 1. The molecule has 0 radical (unpaired) electrons. The number of hydrogen-bond acceptors (Lipinski definition) is 1. The van der Waals surface area contributed by atoms with Gasteiger partial charge in [0.1, 0.15) is 0 Å². The van der Waals surface area contributed by atoms with Gasteiger partial charge < -0.3 is 10.2 Å². The quantitative estimate of drug-likeness (QED) is 0.310. The molecule has 0 bridgehead atoms. The van der Waals surface area contributed by atoms with E-state index in [1.165, 1.54) is 0 Å². The van der Waals surface area contributed by atoms with Gasteiger partial charge in [-0.05, 0) is 42.2 Å². The van der Waals surface area contributed by atoms with E-state index in [1.807, 2.05) is 90.7 Å². The molecular formula is C31H30N2O. The molecule has 4 rings (SSSR count). The molecule has 2 amide bonds. The summed E-state index contributed by atoms with van der Waals surface area (Å²) in [5, 5.41) is 3.16. The fourth-order valence-electron chi connectivity index (χ4n) is 4.15. The summed E-state index contributed by atoms with van der Waals surface area (Å²) < 4.78 is 0. The standard InChI is InChI=1S/C31H30N2O/c1-24(22-26-15-6-3-7-16-26)23-33(31(34)32-29-21-13-12-14-25(29)2)30(27-17-8-4-9-18-27)28-19-10-5-11-20-28/h3-22,30H,23H2,1-2H3,(H,32,34)/b24-22+. The highest BCUT2D eigenvalue weighted by Gasteiger charge is 2.27. The molecule has 0 aromatic heterocycles. The second-order valence-corrected chi connectivity index (χ2v) is 8.50. The zero-order valence-corrected chi connectivity index (χ0v) is 19.7. The molecule has 170 valence electrons. The van der Waals surface area contributed by atoms with Gasteiger partial charge >= 0.3 is 6.03 Å². The minimum atomic E-state index is -0.231. The Balaban J connectivity index is 1.75. The van der Waals surface area contributed by atoms with Gasteiger partial charge in [0.15, 0.2) is 0 Å². The summed E-state index contributed by atoms with van der Waals surface area (Å²) in [4.78, 5) is 15.8. The molecule has 4 aromatic rings. The van der Waals surface area contributed by atoms with Gasteiger partial charge in [-0.1, -0.05) is 121 Å². The number of rotatable bonds is 7. The van der Waals surface area contributed by atoms with Crippen LogP contribution in [0.3, 0.4) is 0 Å². The van der Waals surface area contributed by atoms with Crippen LogP contribution in [0.15, 0.2) is 121 Å². The van der Waals surface area contributed by atoms with Crippen molar-refractivity contribution in [3.8, 4) is 0 Å². The molecule has 0 atom stereocenters. The Morgan fingerprint density at radius 1 is 0.765 bits per heavy atom. The number of para-hydroxylation sites is 1. The van der Waals surface area contributed by atoms with E-state index in [1.54, 1.807) is 0 Å². The summed E-state index contributed by atoms with van der Waals surface area (Å²) in [6.07, 6.45) is 2.14. The summed E-state index contributed by atoms with van der Waals surface area (Å²) in [6.45, 7) is 4.57. The minimum Gasteiger partial charge on any atom is -0.309 e. The van der Waals surface area contributed by atoms with E-state index in [4.69, 9.17) is 0 Å².